The minimum absolute atomic E-state index is 0.116. The summed E-state index contributed by atoms with van der Waals surface area (Å²) in [6.07, 6.45) is 7.80. The lowest BCUT2D eigenvalue weighted by Gasteiger charge is -2.30. The van der Waals surface area contributed by atoms with Gasteiger partial charge in [0.05, 0.1) is 5.25 Å². The summed E-state index contributed by atoms with van der Waals surface area (Å²) in [6, 6.07) is 4.64. The van der Waals surface area contributed by atoms with E-state index in [-0.39, 0.29) is 11.3 Å². The van der Waals surface area contributed by atoms with Gasteiger partial charge in [-0.15, -0.1) is 0 Å². The first kappa shape index (κ1) is 18.7. The lowest BCUT2D eigenvalue weighted by molar-refractivity contribution is 0.323. The van der Waals surface area contributed by atoms with Gasteiger partial charge in [0.2, 0.25) is 10.0 Å². The molecule has 2 N–H and O–H groups in total. The van der Waals surface area contributed by atoms with Crippen molar-refractivity contribution in [2.24, 2.45) is 5.92 Å². The maximum Gasteiger partial charge on any atom is 0.214 e. The molecule has 0 radical (unpaired) electrons. The van der Waals surface area contributed by atoms with Crippen molar-refractivity contribution >= 4 is 15.7 Å². The van der Waals surface area contributed by atoms with E-state index in [1.807, 2.05) is 0 Å². The maximum atomic E-state index is 12.0. The van der Waals surface area contributed by atoms with E-state index in [1.54, 1.807) is 19.4 Å². The fraction of sp³-hybridized carbons (Fsp3) is 0.700. The Morgan fingerprint density at radius 3 is 2.52 bits per heavy atom. The van der Waals surface area contributed by atoms with Gasteiger partial charge in [0, 0.05) is 18.3 Å². The molecule has 0 aliphatic heterocycles. The minimum Gasteiger partial charge on any atom is -0.385 e. The van der Waals surface area contributed by atoms with Gasteiger partial charge in [0.15, 0.2) is 0 Å². The molecular formula is C20H32N2O2S. The fourth-order valence-corrected chi connectivity index (χ4v) is 5.12. The van der Waals surface area contributed by atoms with Gasteiger partial charge in [-0.3, -0.25) is 0 Å². The summed E-state index contributed by atoms with van der Waals surface area (Å²) in [4.78, 5) is 0. The molecular weight excluding hydrogens is 332 g/mol. The Morgan fingerprint density at radius 1 is 1.12 bits per heavy atom. The van der Waals surface area contributed by atoms with Crippen LogP contribution in [0.25, 0.3) is 0 Å². The van der Waals surface area contributed by atoms with Crippen LogP contribution in [-0.4, -0.2) is 26.3 Å². The highest BCUT2D eigenvalue weighted by Gasteiger charge is 2.26. The summed E-state index contributed by atoms with van der Waals surface area (Å²) >= 11 is 0. The lowest BCUT2D eigenvalue weighted by atomic mass is 9.86. The first-order chi connectivity index (χ1) is 11.9. The highest BCUT2D eigenvalue weighted by atomic mass is 32.2. The van der Waals surface area contributed by atoms with Crippen LogP contribution in [0.3, 0.4) is 0 Å². The Hall–Kier alpha value is -1.07. The van der Waals surface area contributed by atoms with E-state index in [1.165, 1.54) is 36.1 Å². The predicted octanol–water partition coefficient (Wildman–Crippen LogP) is 3.78. The first-order valence-electron chi connectivity index (χ1n) is 9.73. The summed E-state index contributed by atoms with van der Waals surface area (Å²) in [7, 11) is -3.15. The third-order valence-electron chi connectivity index (χ3n) is 5.95. The van der Waals surface area contributed by atoms with E-state index < -0.39 is 10.0 Å². The van der Waals surface area contributed by atoms with E-state index in [4.69, 9.17) is 0 Å². The molecule has 1 saturated carbocycles. The summed E-state index contributed by atoms with van der Waals surface area (Å²) in [6.45, 7) is 6.70. The second kappa shape index (κ2) is 7.67. The summed E-state index contributed by atoms with van der Waals surface area (Å²) < 4.78 is 26.9. The number of hydrogen-bond donors (Lipinski definition) is 2. The quantitative estimate of drug-likeness (QED) is 0.807. The van der Waals surface area contributed by atoms with Crippen molar-refractivity contribution in [1.82, 2.24) is 4.72 Å². The maximum absolute atomic E-state index is 12.0. The molecule has 0 amide bonds. The first-order valence-corrected chi connectivity index (χ1v) is 11.3. The fourth-order valence-electron chi connectivity index (χ4n) is 4.15. The largest absolute Gasteiger partial charge is 0.385 e. The van der Waals surface area contributed by atoms with Crippen molar-refractivity contribution in [3.05, 3.63) is 28.8 Å². The van der Waals surface area contributed by atoms with E-state index in [0.29, 0.717) is 5.92 Å². The van der Waals surface area contributed by atoms with Gasteiger partial charge in [-0.05, 0) is 94.4 Å². The van der Waals surface area contributed by atoms with Crippen LogP contribution in [0.4, 0.5) is 5.69 Å². The monoisotopic (exact) mass is 364 g/mol. The molecule has 1 fully saturated rings. The topological polar surface area (TPSA) is 58.2 Å². The van der Waals surface area contributed by atoms with Crippen LogP contribution in [-0.2, 0) is 22.9 Å². The van der Waals surface area contributed by atoms with Crippen LogP contribution in [0.2, 0.25) is 0 Å². The second-order valence-electron chi connectivity index (χ2n) is 8.04. The van der Waals surface area contributed by atoms with Crippen molar-refractivity contribution in [2.45, 2.75) is 77.0 Å². The lowest BCUT2D eigenvalue weighted by Crippen LogP contribution is -2.41. The Labute approximate surface area is 152 Å². The average molecular weight is 365 g/mol. The average Bonchev–Trinajstić information content (AvgIpc) is 3.05. The third kappa shape index (κ3) is 4.37. The smallest absolute Gasteiger partial charge is 0.214 e. The summed E-state index contributed by atoms with van der Waals surface area (Å²) in [5.41, 5.74) is 5.79. The molecule has 0 unspecified atom stereocenters. The molecule has 1 aromatic carbocycles. The van der Waals surface area contributed by atoms with E-state index in [9.17, 15) is 8.42 Å². The molecule has 2 aliphatic carbocycles. The van der Waals surface area contributed by atoms with Crippen LogP contribution in [0, 0.1) is 12.8 Å². The normalized spacial score (nSPS) is 23.7. The molecule has 0 bridgehead atoms. The second-order valence-corrected chi connectivity index (χ2v) is 10.3. The molecule has 25 heavy (non-hydrogen) atoms. The minimum atomic E-state index is -3.15. The summed E-state index contributed by atoms with van der Waals surface area (Å²) in [5, 5.41) is 3.30. The zero-order chi connectivity index (χ0) is 18.0. The van der Waals surface area contributed by atoms with Gasteiger partial charge in [-0.25, -0.2) is 13.1 Å². The van der Waals surface area contributed by atoms with Gasteiger partial charge in [-0.1, -0.05) is 6.07 Å². The molecule has 4 nitrogen and oxygen atoms in total. The molecule has 1 aromatic rings. The third-order valence-corrected chi connectivity index (χ3v) is 7.85. The highest BCUT2D eigenvalue weighted by Crippen LogP contribution is 2.31. The molecule has 0 heterocycles. The van der Waals surface area contributed by atoms with E-state index in [2.05, 4.69) is 29.1 Å². The van der Waals surface area contributed by atoms with E-state index >= 15 is 0 Å². The standard InChI is InChI=1S/C20H32N2O2S/c1-14(2)25(23,24)22-18-10-7-16(8-11-18)13-21-20-12-9-17-5-4-6-19(17)15(20)3/h9,12,14,16,18,21-22H,4-8,10-11,13H2,1-3H3. The van der Waals surface area contributed by atoms with Gasteiger partial charge in [0.1, 0.15) is 0 Å². The highest BCUT2D eigenvalue weighted by molar-refractivity contribution is 7.90. The predicted molar refractivity (Wildman–Crippen MR) is 105 cm³/mol. The van der Waals surface area contributed by atoms with Gasteiger partial charge < -0.3 is 5.32 Å². The summed E-state index contributed by atoms with van der Waals surface area (Å²) in [5.74, 6) is 0.632. The number of anilines is 1. The Kier molecular flexibility index (Phi) is 5.74. The molecule has 3 rings (SSSR count). The SMILES string of the molecule is Cc1c(NCC2CCC(NS(=O)(=O)C(C)C)CC2)ccc2c1CCC2. The van der Waals surface area contributed by atoms with Gasteiger partial charge in [-0.2, -0.15) is 0 Å². The number of sulfonamides is 1. The van der Waals surface area contributed by atoms with Crippen LogP contribution < -0.4 is 10.0 Å². The number of fused-ring (bicyclic) bond motifs is 1. The van der Waals surface area contributed by atoms with Crippen molar-refractivity contribution in [2.75, 3.05) is 11.9 Å². The van der Waals surface area contributed by atoms with Crippen molar-refractivity contribution in [3.63, 3.8) is 0 Å². The molecule has 0 saturated heterocycles. The number of benzene rings is 1. The van der Waals surface area contributed by atoms with Crippen LogP contribution in [0.1, 0.15) is 62.6 Å². The molecule has 5 heteroatoms. The zero-order valence-electron chi connectivity index (χ0n) is 15.8. The van der Waals surface area contributed by atoms with Crippen LogP contribution in [0.5, 0.6) is 0 Å². The zero-order valence-corrected chi connectivity index (χ0v) is 16.6. The van der Waals surface area contributed by atoms with E-state index in [0.717, 1.165) is 32.2 Å². The van der Waals surface area contributed by atoms with Crippen LogP contribution in [0.15, 0.2) is 12.1 Å². The van der Waals surface area contributed by atoms with Crippen LogP contribution >= 0.6 is 0 Å². The van der Waals surface area contributed by atoms with Gasteiger partial charge in [0.25, 0.3) is 0 Å². The molecule has 0 atom stereocenters. The molecule has 2 aliphatic rings. The van der Waals surface area contributed by atoms with Crippen molar-refractivity contribution < 1.29 is 8.42 Å². The number of aryl methyl sites for hydroxylation is 1. The van der Waals surface area contributed by atoms with Gasteiger partial charge >= 0.3 is 0 Å². The Bertz CT molecular complexity index is 705. The Balaban J connectivity index is 1.49. The van der Waals surface area contributed by atoms with Crippen molar-refractivity contribution in [3.8, 4) is 0 Å². The number of hydrogen-bond acceptors (Lipinski definition) is 3. The molecule has 0 aromatic heterocycles. The number of rotatable bonds is 6. The Morgan fingerprint density at radius 2 is 1.84 bits per heavy atom. The molecule has 140 valence electrons. The van der Waals surface area contributed by atoms with Crippen molar-refractivity contribution in [1.29, 1.82) is 0 Å². The molecule has 0 spiro atoms. The number of nitrogens with one attached hydrogen (secondary N) is 2.